The van der Waals surface area contributed by atoms with Gasteiger partial charge in [0.25, 0.3) is 10.7 Å². The number of para-hydroxylation sites is 1. The fraction of sp³-hybridized carbons (Fsp3) is 0.300. The molecule has 3 nitrogen and oxygen atoms in total. The molecule has 0 saturated heterocycles. The number of carbonyl (C=O) groups excluding carboxylic acids is 1. The summed E-state index contributed by atoms with van der Waals surface area (Å²) in [7, 11) is 0. The van der Waals surface area contributed by atoms with Gasteiger partial charge in [-0.2, -0.15) is 0 Å². The zero-order valence-electron chi connectivity index (χ0n) is 7.94. The normalized spacial score (nSPS) is 19.4. The largest absolute Gasteiger partial charge is 0.553 e. The van der Waals surface area contributed by atoms with Crippen LogP contribution in [0.2, 0.25) is 0 Å². The first-order chi connectivity index (χ1) is 6.52. The zero-order valence-corrected chi connectivity index (χ0v) is 8.76. The molecule has 0 bridgehead atoms. The lowest BCUT2D eigenvalue weighted by atomic mass is 10.2. The summed E-state index contributed by atoms with van der Waals surface area (Å²) in [6.45, 7) is 3.42. The lowest BCUT2D eigenvalue weighted by Gasteiger charge is -2.41. The molecule has 0 fully saturated rings. The minimum Gasteiger partial charge on any atom is -0.553 e. The van der Waals surface area contributed by atoms with Gasteiger partial charge in [0, 0.05) is 31.7 Å². The fourth-order valence-corrected chi connectivity index (χ4v) is 2.27. The lowest BCUT2D eigenvalue weighted by molar-refractivity contribution is -0.783. The van der Waals surface area contributed by atoms with Gasteiger partial charge in [-0.25, -0.2) is 0 Å². The molecule has 1 aliphatic heterocycles. The van der Waals surface area contributed by atoms with Gasteiger partial charge < -0.3 is 9.78 Å². The van der Waals surface area contributed by atoms with Crippen LogP contribution in [0.3, 0.4) is 0 Å². The van der Waals surface area contributed by atoms with Crippen molar-refractivity contribution in [3.8, 4) is 5.75 Å². The maximum absolute atomic E-state index is 11.7. The van der Waals surface area contributed by atoms with Gasteiger partial charge in [-0.05, 0) is 6.07 Å². The first-order valence-electron chi connectivity index (χ1n) is 4.26. The van der Waals surface area contributed by atoms with E-state index in [2.05, 4.69) is 0 Å². The summed E-state index contributed by atoms with van der Waals surface area (Å²) in [5, 5.41) is 11.7. The van der Waals surface area contributed by atoms with Crippen molar-refractivity contribution in [1.29, 1.82) is 0 Å². The third-order valence-corrected chi connectivity index (χ3v) is 3.14. The van der Waals surface area contributed by atoms with E-state index in [1.807, 2.05) is 0 Å². The van der Waals surface area contributed by atoms with E-state index in [0.717, 1.165) is 11.8 Å². The van der Waals surface area contributed by atoms with Crippen LogP contribution >= 0.6 is 11.8 Å². The van der Waals surface area contributed by atoms with Gasteiger partial charge >= 0.3 is 0 Å². The molecule has 0 aliphatic carbocycles. The molecule has 0 aromatic heterocycles. The summed E-state index contributed by atoms with van der Waals surface area (Å²) in [5.41, 5.74) is 0.469. The quantitative estimate of drug-likeness (QED) is 0.485. The standard InChI is InChI=1S/C10H10O3S/c1-10(2)13(12)8-6-4-3-5-7(8)9(11)14-10/h3-6H,1-2H3. The Morgan fingerprint density at radius 1 is 1.36 bits per heavy atom. The molecule has 0 unspecified atom stereocenters. The van der Waals surface area contributed by atoms with Gasteiger partial charge in [0.1, 0.15) is 5.56 Å². The SMILES string of the molecule is CC1(C)SC(=O)c2ccccc2[O+]1[O-]. The second-order valence-electron chi connectivity index (χ2n) is 3.55. The van der Waals surface area contributed by atoms with E-state index in [1.54, 1.807) is 42.6 Å². The van der Waals surface area contributed by atoms with Gasteiger partial charge in [0.2, 0.25) is 5.12 Å². The van der Waals surface area contributed by atoms with E-state index >= 15 is 0 Å². The van der Waals surface area contributed by atoms with Crippen molar-refractivity contribution < 1.29 is 14.6 Å². The molecule has 0 atom stereocenters. The van der Waals surface area contributed by atoms with Crippen LogP contribution in [0, 0.1) is 0 Å². The highest BCUT2D eigenvalue weighted by Gasteiger charge is 2.41. The fourth-order valence-electron chi connectivity index (χ4n) is 1.38. The monoisotopic (exact) mass is 210 g/mol. The maximum atomic E-state index is 11.7. The molecule has 1 aromatic rings. The summed E-state index contributed by atoms with van der Waals surface area (Å²) in [5.74, 6) is 0.390. The minimum atomic E-state index is -0.786. The molecule has 0 saturated carbocycles. The smallest absolute Gasteiger partial charge is 0.278 e. The zero-order chi connectivity index (χ0) is 10.3. The molecular formula is C10H10O3S. The van der Waals surface area contributed by atoms with Crippen LogP contribution in [0.4, 0.5) is 0 Å². The molecule has 1 aromatic carbocycles. The number of hydrogen-bond acceptors (Lipinski definition) is 3. The van der Waals surface area contributed by atoms with Gasteiger partial charge in [0.15, 0.2) is 0 Å². The Morgan fingerprint density at radius 2 is 2.00 bits per heavy atom. The summed E-state index contributed by atoms with van der Waals surface area (Å²) in [6, 6.07) is 6.81. The highest BCUT2D eigenvalue weighted by molar-refractivity contribution is 8.15. The molecule has 0 radical (unpaired) electrons. The summed E-state index contributed by atoms with van der Waals surface area (Å²) in [4.78, 5) is 10.8. The Balaban J connectivity index is 2.57. The Bertz CT molecular complexity index is 387. The molecule has 1 aliphatic rings. The van der Waals surface area contributed by atoms with E-state index < -0.39 is 4.93 Å². The molecule has 0 spiro atoms. The molecular weight excluding hydrogens is 200 g/mol. The Kier molecular flexibility index (Phi) is 2.05. The van der Waals surface area contributed by atoms with Crippen LogP contribution in [0.1, 0.15) is 24.2 Å². The molecule has 1 heterocycles. The summed E-state index contributed by atoms with van der Waals surface area (Å²) in [6.07, 6.45) is 0. The predicted octanol–water partition coefficient (Wildman–Crippen LogP) is 1.85. The van der Waals surface area contributed by atoms with Crippen molar-refractivity contribution in [2.45, 2.75) is 18.8 Å². The Labute approximate surface area is 86.3 Å². The summed E-state index contributed by atoms with van der Waals surface area (Å²) >= 11 is 1.03. The Hall–Kier alpha value is -1.00. The van der Waals surface area contributed by atoms with Gasteiger partial charge in [-0.1, -0.05) is 12.1 Å². The topological polar surface area (TPSA) is 42.8 Å². The second kappa shape index (κ2) is 3.00. The first kappa shape index (κ1) is 9.55. The van der Waals surface area contributed by atoms with E-state index in [9.17, 15) is 10.1 Å². The average molecular weight is 210 g/mol. The second-order valence-corrected chi connectivity index (χ2v) is 5.11. The predicted molar refractivity (Wildman–Crippen MR) is 53.0 cm³/mol. The number of carbonyl (C=O) groups is 1. The van der Waals surface area contributed by atoms with Gasteiger partial charge in [0.05, 0.1) is 0 Å². The first-order valence-corrected chi connectivity index (χ1v) is 5.08. The van der Waals surface area contributed by atoms with Crippen molar-refractivity contribution in [3.05, 3.63) is 29.8 Å². The Morgan fingerprint density at radius 3 is 2.71 bits per heavy atom. The van der Waals surface area contributed by atoms with Crippen LogP contribution in [-0.4, -0.2) is 10.0 Å². The third-order valence-electron chi connectivity index (χ3n) is 2.09. The number of benzene rings is 1. The van der Waals surface area contributed by atoms with E-state index in [4.69, 9.17) is 0 Å². The maximum Gasteiger partial charge on any atom is 0.278 e. The van der Waals surface area contributed by atoms with Crippen molar-refractivity contribution in [1.82, 2.24) is 0 Å². The highest BCUT2D eigenvalue weighted by Crippen LogP contribution is 2.46. The van der Waals surface area contributed by atoms with E-state index in [-0.39, 0.29) is 5.12 Å². The van der Waals surface area contributed by atoms with Crippen molar-refractivity contribution >= 4 is 16.9 Å². The number of fused-ring (bicyclic) bond motifs is 1. The van der Waals surface area contributed by atoms with Crippen LogP contribution in [-0.2, 0) is 4.52 Å². The highest BCUT2D eigenvalue weighted by atomic mass is 32.2. The third kappa shape index (κ3) is 1.31. The van der Waals surface area contributed by atoms with Crippen LogP contribution in [0.25, 0.3) is 0 Å². The number of thioether (sulfide) groups is 1. The van der Waals surface area contributed by atoms with Gasteiger partial charge in [-0.3, -0.25) is 4.79 Å². The lowest BCUT2D eigenvalue weighted by Crippen LogP contribution is -2.41. The molecule has 0 N–H and O–H groups in total. The van der Waals surface area contributed by atoms with Crippen molar-refractivity contribution in [2.75, 3.05) is 0 Å². The number of hydrogen-bond donors (Lipinski definition) is 0. The van der Waals surface area contributed by atoms with Crippen molar-refractivity contribution in [3.63, 3.8) is 0 Å². The molecule has 0 amide bonds. The van der Waals surface area contributed by atoms with Crippen LogP contribution in [0.15, 0.2) is 24.3 Å². The van der Waals surface area contributed by atoms with E-state index in [0.29, 0.717) is 11.3 Å². The van der Waals surface area contributed by atoms with Crippen LogP contribution < -0.4 is 5.26 Å². The molecule has 14 heavy (non-hydrogen) atoms. The van der Waals surface area contributed by atoms with Crippen LogP contribution in [0.5, 0.6) is 5.75 Å². The molecule has 2 rings (SSSR count). The molecule has 74 valence electrons. The van der Waals surface area contributed by atoms with Gasteiger partial charge in [-0.15, -0.1) is 0 Å². The van der Waals surface area contributed by atoms with E-state index in [1.165, 1.54) is 0 Å². The molecule has 4 heteroatoms. The summed E-state index contributed by atoms with van der Waals surface area (Å²) < 4.78 is 1.75. The minimum absolute atomic E-state index is 0.0507. The van der Waals surface area contributed by atoms with Crippen molar-refractivity contribution in [2.24, 2.45) is 0 Å². The number of rotatable bonds is 0. The average Bonchev–Trinajstić information content (AvgIpc) is 2.14.